The summed E-state index contributed by atoms with van der Waals surface area (Å²) < 4.78 is 10.3. The molecule has 0 aliphatic heterocycles. The predicted octanol–water partition coefficient (Wildman–Crippen LogP) is 2.60. The van der Waals surface area contributed by atoms with E-state index in [1.54, 1.807) is 49.4 Å². The van der Waals surface area contributed by atoms with Crippen molar-refractivity contribution in [3.05, 3.63) is 48.0 Å². The van der Waals surface area contributed by atoms with Crippen molar-refractivity contribution < 1.29 is 23.9 Å². The molecule has 4 N–H and O–H groups in total. The number of hydrogen-bond acceptors (Lipinski definition) is 5. The fraction of sp³-hybridized carbons (Fsp3) is 0.286. The number of rotatable bonds is 9. The van der Waals surface area contributed by atoms with Crippen LogP contribution in [-0.4, -0.2) is 45.2 Å². The first-order valence-corrected chi connectivity index (χ1v) is 9.41. The monoisotopic (exact) mass is 414 g/mol. The van der Waals surface area contributed by atoms with Crippen LogP contribution >= 0.6 is 0 Å². The zero-order valence-electron chi connectivity index (χ0n) is 17.2. The summed E-state index contributed by atoms with van der Waals surface area (Å²) in [4.78, 5) is 35.5. The standard InChI is InChI=1S/C21H26N4O5/c1-4-19(26)24-15-7-5-14(6-8-15)20(27)22-9-10-23-21(28)25-16-11-17(29-2)13-18(12-16)30-3/h5-8,11-13H,4,9-10H2,1-3H3,(H,22,27)(H,24,26)(H2,23,25,28). The smallest absolute Gasteiger partial charge is 0.319 e. The average molecular weight is 414 g/mol. The number of methoxy groups -OCH3 is 2. The van der Waals surface area contributed by atoms with E-state index in [1.165, 1.54) is 14.2 Å². The molecule has 0 spiro atoms. The summed E-state index contributed by atoms with van der Waals surface area (Å²) in [7, 11) is 3.05. The second-order valence-corrected chi connectivity index (χ2v) is 6.22. The summed E-state index contributed by atoms with van der Waals surface area (Å²) in [6.07, 6.45) is 0.383. The van der Waals surface area contributed by atoms with Gasteiger partial charge in [-0.15, -0.1) is 0 Å². The highest BCUT2D eigenvalue weighted by atomic mass is 16.5. The Kier molecular flexibility index (Phi) is 8.49. The van der Waals surface area contributed by atoms with Crippen molar-refractivity contribution in [2.24, 2.45) is 0 Å². The van der Waals surface area contributed by atoms with Crippen molar-refractivity contribution in [1.29, 1.82) is 0 Å². The number of nitrogens with one attached hydrogen (secondary N) is 4. The van der Waals surface area contributed by atoms with Crippen LogP contribution in [0.25, 0.3) is 0 Å². The van der Waals surface area contributed by atoms with Gasteiger partial charge in [-0.25, -0.2) is 4.79 Å². The van der Waals surface area contributed by atoms with Gasteiger partial charge in [-0.3, -0.25) is 9.59 Å². The fourth-order valence-corrected chi connectivity index (χ4v) is 2.46. The molecule has 0 aromatic heterocycles. The first-order chi connectivity index (χ1) is 14.4. The lowest BCUT2D eigenvalue weighted by Crippen LogP contribution is -2.36. The van der Waals surface area contributed by atoms with E-state index < -0.39 is 6.03 Å². The highest BCUT2D eigenvalue weighted by Gasteiger charge is 2.08. The van der Waals surface area contributed by atoms with Crippen LogP contribution in [0.5, 0.6) is 11.5 Å². The molecule has 0 bridgehead atoms. The number of amides is 4. The second-order valence-electron chi connectivity index (χ2n) is 6.22. The maximum Gasteiger partial charge on any atom is 0.319 e. The van der Waals surface area contributed by atoms with Gasteiger partial charge in [-0.2, -0.15) is 0 Å². The fourth-order valence-electron chi connectivity index (χ4n) is 2.46. The summed E-state index contributed by atoms with van der Waals surface area (Å²) in [6, 6.07) is 11.2. The number of carbonyl (C=O) groups excluding carboxylic acids is 3. The highest BCUT2D eigenvalue weighted by molar-refractivity contribution is 5.95. The minimum absolute atomic E-state index is 0.0936. The third-order valence-electron chi connectivity index (χ3n) is 4.06. The first-order valence-electron chi connectivity index (χ1n) is 9.41. The summed E-state index contributed by atoms with van der Waals surface area (Å²) in [6.45, 7) is 2.25. The van der Waals surface area contributed by atoms with Crippen molar-refractivity contribution in [2.45, 2.75) is 13.3 Å². The molecular weight excluding hydrogens is 388 g/mol. The number of carbonyl (C=O) groups is 3. The third kappa shape index (κ3) is 7.01. The van der Waals surface area contributed by atoms with Gasteiger partial charge in [0.25, 0.3) is 5.91 Å². The van der Waals surface area contributed by atoms with Crippen LogP contribution in [0.4, 0.5) is 16.2 Å². The molecule has 2 aromatic rings. The molecule has 0 fully saturated rings. The summed E-state index contributed by atoms with van der Waals surface area (Å²) in [5.74, 6) is 0.737. The molecule has 4 amide bonds. The molecule has 160 valence electrons. The van der Waals surface area contributed by atoms with Gasteiger partial charge in [0, 0.05) is 54.6 Å². The van der Waals surface area contributed by atoms with Gasteiger partial charge in [-0.05, 0) is 24.3 Å². The molecule has 0 aliphatic rings. The lowest BCUT2D eigenvalue weighted by atomic mass is 10.2. The van der Waals surface area contributed by atoms with Gasteiger partial charge in [0.05, 0.1) is 14.2 Å². The molecule has 2 aromatic carbocycles. The molecule has 2 rings (SSSR count). The normalized spacial score (nSPS) is 9.97. The Bertz CT molecular complexity index is 861. The van der Waals surface area contributed by atoms with Gasteiger partial charge < -0.3 is 30.7 Å². The Morgan fingerprint density at radius 1 is 0.800 bits per heavy atom. The van der Waals surface area contributed by atoms with E-state index in [1.807, 2.05) is 0 Å². The Morgan fingerprint density at radius 2 is 1.40 bits per heavy atom. The molecule has 0 heterocycles. The molecule has 0 radical (unpaired) electrons. The highest BCUT2D eigenvalue weighted by Crippen LogP contribution is 2.25. The Balaban J connectivity index is 1.76. The minimum atomic E-state index is -0.421. The summed E-state index contributed by atoms with van der Waals surface area (Å²) >= 11 is 0. The number of urea groups is 1. The molecule has 0 saturated carbocycles. The van der Waals surface area contributed by atoms with E-state index in [-0.39, 0.29) is 24.9 Å². The number of benzene rings is 2. The first kappa shape index (κ1) is 22.5. The van der Waals surface area contributed by atoms with Crippen LogP contribution in [0.3, 0.4) is 0 Å². The maximum absolute atomic E-state index is 12.2. The van der Waals surface area contributed by atoms with E-state index in [0.717, 1.165) is 0 Å². The molecule has 9 heteroatoms. The number of anilines is 2. The van der Waals surface area contributed by atoms with Gasteiger partial charge in [-0.1, -0.05) is 6.92 Å². The topological polar surface area (TPSA) is 118 Å². The van der Waals surface area contributed by atoms with Gasteiger partial charge in [0.2, 0.25) is 5.91 Å². The second kappa shape index (κ2) is 11.3. The van der Waals surface area contributed by atoms with E-state index in [9.17, 15) is 14.4 Å². The SMILES string of the molecule is CCC(=O)Nc1ccc(C(=O)NCCNC(=O)Nc2cc(OC)cc(OC)c2)cc1. The zero-order valence-corrected chi connectivity index (χ0v) is 17.2. The van der Waals surface area contributed by atoms with E-state index >= 15 is 0 Å². The molecular formula is C21H26N4O5. The predicted molar refractivity (Wildman–Crippen MR) is 114 cm³/mol. The molecule has 0 aliphatic carbocycles. The largest absolute Gasteiger partial charge is 0.497 e. The molecule has 0 atom stereocenters. The van der Waals surface area contributed by atoms with Crippen molar-refractivity contribution in [1.82, 2.24) is 10.6 Å². The van der Waals surface area contributed by atoms with Crippen LogP contribution in [0, 0.1) is 0 Å². The van der Waals surface area contributed by atoms with Gasteiger partial charge in [0.15, 0.2) is 0 Å². The van der Waals surface area contributed by atoms with Gasteiger partial charge >= 0.3 is 6.03 Å². The summed E-state index contributed by atoms with van der Waals surface area (Å²) in [5, 5.41) is 10.8. The van der Waals surface area contributed by atoms with Crippen molar-refractivity contribution >= 4 is 29.2 Å². The van der Waals surface area contributed by atoms with E-state index in [0.29, 0.717) is 34.9 Å². The average Bonchev–Trinajstić information content (AvgIpc) is 2.76. The van der Waals surface area contributed by atoms with Crippen molar-refractivity contribution in [3.63, 3.8) is 0 Å². The Labute approximate surface area is 175 Å². The van der Waals surface area contributed by atoms with E-state index in [2.05, 4.69) is 21.3 Å². The van der Waals surface area contributed by atoms with Crippen LogP contribution in [-0.2, 0) is 4.79 Å². The summed E-state index contributed by atoms with van der Waals surface area (Å²) in [5.41, 5.74) is 1.60. The van der Waals surface area contributed by atoms with Crippen LogP contribution in [0.15, 0.2) is 42.5 Å². The van der Waals surface area contributed by atoms with Gasteiger partial charge in [0.1, 0.15) is 11.5 Å². The van der Waals surface area contributed by atoms with Crippen molar-refractivity contribution in [2.75, 3.05) is 37.9 Å². The van der Waals surface area contributed by atoms with Crippen LogP contribution in [0.2, 0.25) is 0 Å². The van der Waals surface area contributed by atoms with E-state index in [4.69, 9.17) is 9.47 Å². The molecule has 30 heavy (non-hydrogen) atoms. The quantitative estimate of drug-likeness (QED) is 0.471. The number of ether oxygens (including phenoxy) is 2. The van der Waals surface area contributed by atoms with Crippen LogP contribution in [0.1, 0.15) is 23.7 Å². The molecule has 0 saturated heterocycles. The lowest BCUT2D eigenvalue weighted by molar-refractivity contribution is -0.115. The minimum Gasteiger partial charge on any atom is -0.497 e. The number of hydrogen-bond donors (Lipinski definition) is 4. The van der Waals surface area contributed by atoms with Crippen molar-refractivity contribution in [3.8, 4) is 11.5 Å². The Hall–Kier alpha value is -3.75. The van der Waals surface area contributed by atoms with Crippen LogP contribution < -0.4 is 30.7 Å². The molecule has 0 unspecified atom stereocenters. The maximum atomic E-state index is 12.2. The molecule has 9 nitrogen and oxygen atoms in total. The zero-order chi connectivity index (χ0) is 21.9. The lowest BCUT2D eigenvalue weighted by Gasteiger charge is -2.11. The third-order valence-corrected chi connectivity index (χ3v) is 4.06. The Morgan fingerprint density at radius 3 is 1.97 bits per heavy atom.